The topological polar surface area (TPSA) is 72.5 Å². The number of hydrogen-bond acceptors (Lipinski definition) is 4. The van der Waals surface area contributed by atoms with Crippen LogP contribution in [0.4, 0.5) is 0 Å². The summed E-state index contributed by atoms with van der Waals surface area (Å²) in [6.07, 6.45) is 20.7. The zero-order chi connectivity index (χ0) is 28.0. The SMILES string of the molecule is CC(=O)O[C@H]1CC[C@H]2[C@@H]3CCC4=CC(=O)CCC4=C3[C@@H](CCCCCCCCCCC(=O)NC(C)C)C[C@]12C. The quantitative estimate of drug-likeness (QED) is 0.192. The van der Waals surface area contributed by atoms with Gasteiger partial charge in [-0.05, 0) is 100 Å². The first kappa shape index (κ1) is 30.1. The maximum absolute atomic E-state index is 12.2. The molecule has 2 fully saturated rings. The Labute approximate surface area is 237 Å². The Morgan fingerprint density at radius 2 is 1.67 bits per heavy atom. The number of amides is 1. The third-order valence-electron chi connectivity index (χ3n) is 10.2. The molecule has 0 saturated heterocycles. The minimum absolute atomic E-state index is 0.0513. The van der Waals surface area contributed by atoms with Gasteiger partial charge in [0.1, 0.15) is 6.10 Å². The molecule has 0 aromatic heterocycles. The molecule has 0 bridgehead atoms. The van der Waals surface area contributed by atoms with Crippen LogP contribution in [0.3, 0.4) is 0 Å². The first-order chi connectivity index (χ1) is 18.7. The maximum atomic E-state index is 12.2. The summed E-state index contributed by atoms with van der Waals surface area (Å²) in [6.45, 7) is 7.99. The average Bonchev–Trinajstić information content (AvgIpc) is 3.19. The Bertz CT molecular complexity index is 962. The fraction of sp³-hybridized carbons (Fsp3) is 0.794. The summed E-state index contributed by atoms with van der Waals surface area (Å²) in [4.78, 5) is 35.9. The van der Waals surface area contributed by atoms with Crippen LogP contribution in [-0.4, -0.2) is 29.8 Å². The van der Waals surface area contributed by atoms with E-state index in [1.807, 2.05) is 19.9 Å². The average molecular weight is 540 g/mol. The fourth-order valence-electron chi connectivity index (χ4n) is 8.57. The molecule has 0 radical (unpaired) electrons. The second-order valence-corrected chi connectivity index (χ2v) is 13.5. The minimum Gasteiger partial charge on any atom is -0.462 e. The highest BCUT2D eigenvalue weighted by Crippen LogP contribution is 2.63. The van der Waals surface area contributed by atoms with Crippen molar-refractivity contribution in [3.05, 3.63) is 22.8 Å². The molecule has 5 atom stereocenters. The summed E-state index contributed by atoms with van der Waals surface area (Å²) < 4.78 is 5.93. The fourth-order valence-corrected chi connectivity index (χ4v) is 8.57. The molecule has 0 unspecified atom stereocenters. The van der Waals surface area contributed by atoms with Crippen molar-refractivity contribution in [3.63, 3.8) is 0 Å². The van der Waals surface area contributed by atoms with Crippen molar-refractivity contribution in [3.8, 4) is 0 Å². The van der Waals surface area contributed by atoms with Crippen molar-refractivity contribution in [1.82, 2.24) is 5.32 Å². The van der Waals surface area contributed by atoms with Crippen LogP contribution in [0, 0.1) is 23.2 Å². The second kappa shape index (κ2) is 13.6. The van der Waals surface area contributed by atoms with Gasteiger partial charge in [-0.2, -0.15) is 0 Å². The van der Waals surface area contributed by atoms with Gasteiger partial charge in [-0.1, -0.05) is 57.4 Å². The van der Waals surface area contributed by atoms with Gasteiger partial charge in [-0.3, -0.25) is 14.4 Å². The van der Waals surface area contributed by atoms with Crippen LogP contribution >= 0.6 is 0 Å². The van der Waals surface area contributed by atoms with E-state index in [1.165, 1.54) is 56.1 Å². The van der Waals surface area contributed by atoms with Crippen molar-refractivity contribution in [2.45, 2.75) is 149 Å². The summed E-state index contributed by atoms with van der Waals surface area (Å²) in [5.41, 5.74) is 4.65. The van der Waals surface area contributed by atoms with Crippen LogP contribution in [0.2, 0.25) is 0 Å². The van der Waals surface area contributed by atoms with Gasteiger partial charge in [0.25, 0.3) is 0 Å². The summed E-state index contributed by atoms with van der Waals surface area (Å²) >= 11 is 0. The Morgan fingerprint density at radius 3 is 2.36 bits per heavy atom. The molecule has 0 aromatic carbocycles. The van der Waals surface area contributed by atoms with E-state index in [0.29, 0.717) is 36.4 Å². The zero-order valence-corrected chi connectivity index (χ0v) is 25.1. The molecule has 1 N–H and O–H groups in total. The zero-order valence-electron chi connectivity index (χ0n) is 25.1. The van der Waals surface area contributed by atoms with Crippen LogP contribution in [0.15, 0.2) is 22.8 Å². The number of hydrogen-bond donors (Lipinski definition) is 1. The van der Waals surface area contributed by atoms with Gasteiger partial charge in [0, 0.05) is 31.2 Å². The molecule has 4 aliphatic carbocycles. The van der Waals surface area contributed by atoms with Crippen LogP contribution < -0.4 is 5.32 Å². The van der Waals surface area contributed by atoms with E-state index in [2.05, 4.69) is 12.2 Å². The lowest BCUT2D eigenvalue weighted by atomic mass is 9.53. The lowest BCUT2D eigenvalue weighted by Crippen LogP contribution is -2.46. The van der Waals surface area contributed by atoms with E-state index in [4.69, 9.17) is 4.74 Å². The van der Waals surface area contributed by atoms with Gasteiger partial charge in [0.05, 0.1) is 0 Å². The molecule has 2 saturated carbocycles. The number of ether oxygens (including phenoxy) is 1. The van der Waals surface area contributed by atoms with E-state index in [0.717, 1.165) is 51.4 Å². The molecule has 0 aromatic rings. The molecule has 5 heteroatoms. The van der Waals surface area contributed by atoms with Gasteiger partial charge in [-0.25, -0.2) is 0 Å². The molecule has 218 valence electrons. The number of carbonyl (C=O) groups excluding carboxylic acids is 3. The molecule has 4 aliphatic rings. The second-order valence-electron chi connectivity index (χ2n) is 13.5. The van der Waals surface area contributed by atoms with Gasteiger partial charge < -0.3 is 10.1 Å². The first-order valence-electron chi connectivity index (χ1n) is 16.1. The Kier molecular flexibility index (Phi) is 10.5. The molecule has 4 rings (SSSR count). The lowest BCUT2D eigenvalue weighted by Gasteiger charge is -2.52. The van der Waals surface area contributed by atoms with Gasteiger partial charge in [-0.15, -0.1) is 0 Å². The summed E-state index contributed by atoms with van der Waals surface area (Å²) in [6, 6.07) is 0.232. The first-order valence-corrected chi connectivity index (χ1v) is 16.1. The van der Waals surface area contributed by atoms with Gasteiger partial charge >= 0.3 is 5.97 Å². The Balaban J connectivity index is 1.30. The summed E-state index contributed by atoms with van der Waals surface area (Å²) in [7, 11) is 0. The molecule has 0 heterocycles. The van der Waals surface area contributed by atoms with Gasteiger partial charge in [0.15, 0.2) is 5.78 Å². The highest BCUT2D eigenvalue weighted by molar-refractivity contribution is 5.93. The van der Waals surface area contributed by atoms with Crippen molar-refractivity contribution >= 4 is 17.7 Å². The summed E-state index contributed by atoms with van der Waals surface area (Å²) in [5.74, 6) is 2.09. The number of carbonyl (C=O) groups is 3. The molecule has 5 nitrogen and oxygen atoms in total. The normalized spacial score (nSPS) is 30.0. The van der Waals surface area contributed by atoms with E-state index < -0.39 is 0 Å². The third kappa shape index (κ3) is 7.44. The summed E-state index contributed by atoms with van der Waals surface area (Å²) in [5, 5.41) is 2.97. The van der Waals surface area contributed by atoms with Gasteiger partial charge in [0.2, 0.25) is 5.91 Å². The van der Waals surface area contributed by atoms with Crippen molar-refractivity contribution < 1.29 is 19.1 Å². The van der Waals surface area contributed by atoms with Crippen LogP contribution in [-0.2, 0) is 19.1 Å². The minimum atomic E-state index is -0.138. The third-order valence-corrected chi connectivity index (χ3v) is 10.2. The van der Waals surface area contributed by atoms with E-state index in [9.17, 15) is 14.4 Å². The smallest absolute Gasteiger partial charge is 0.302 e. The number of unbranched alkanes of at least 4 members (excludes halogenated alkanes) is 7. The van der Waals surface area contributed by atoms with E-state index in [1.54, 1.807) is 12.5 Å². The molecule has 1 amide bonds. The standard InChI is InChI=1S/C34H53NO4/c1-23(2)35-32(38)14-12-10-8-6-5-7-9-11-13-26-22-34(4)30(19-20-31(34)39-24(3)36)29-17-15-25-21-27(37)16-18-28(25)33(26)29/h21,23,26,29-31H,5-20,22H2,1-4H3,(H,35,38)/t26-,29-,30-,31-,34-/m0/s1. The number of allylic oxidation sites excluding steroid dienone is 4. The number of esters is 1. The Hall–Kier alpha value is -1.91. The number of nitrogens with one attached hydrogen (secondary N) is 1. The number of ketones is 1. The molecule has 39 heavy (non-hydrogen) atoms. The molecule has 0 spiro atoms. The maximum Gasteiger partial charge on any atom is 0.302 e. The van der Waals surface area contributed by atoms with Crippen molar-refractivity contribution in [1.29, 1.82) is 0 Å². The highest BCUT2D eigenvalue weighted by Gasteiger charge is 2.57. The predicted molar refractivity (Wildman–Crippen MR) is 156 cm³/mol. The van der Waals surface area contributed by atoms with Crippen molar-refractivity contribution in [2.24, 2.45) is 23.2 Å². The van der Waals surface area contributed by atoms with E-state index in [-0.39, 0.29) is 29.4 Å². The number of rotatable bonds is 13. The lowest BCUT2D eigenvalue weighted by molar-refractivity contribution is -0.154. The van der Waals surface area contributed by atoms with Crippen LogP contribution in [0.1, 0.15) is 137 Å². The molecular weight excluding hydrogens is 486 g/mol. The molecular formula is C34H53NO4. The predicted octanol–water partition coefficient (Wildman–Crippen LogP) is 7.78. The van der Waals surface area contributed by atoms with Crippen LogP contribution in [0.25, 0.3) is 0 Å². The monoisotopic (exact) mass is 539 g/mol. The highest BCUT2D eigenvalue weighted by atomic mass is 16.5. The largest absolute Gasteiger partial charge is 0.462 e. The van der Waals surface area contributed by atoms with Crippen LogP contribution in [0.5, 0.6) is 0 Å². The molecule has 0 aliphatic heterocycles. The Morgan fingerprint density at radius 1 is 0.974 bits per heavy atom. The number of fused-ring (bicyclic) bond motifs is 4. The van der Waals surface area contributed by atoms with E-state index >= 15 is 0 Å². The van der Waals surface area contributed by atoms with Crippen molar-refractivity contribution in [2.75, 3.05) is 0 Å².